The molecule has 1 aromatic rings. The molecule has 3 nitrogen and oxygen atoms in total. The van der Waals surface area contributed by atoms with E-state index in [-0.39, 0.29) is 12.4 Å². The van der Waals surface area contributed by atoms with Crippen molar-refractivity contribution < 1.29 is 4.74 Å². The molecule has 0 fully saturated rings. The number of ether oxygens (including phenoxy) is 1. The third kappa shape index (κ3) is 7.26. The first-order valence-electron chi connectivity index (χ1n) is 5.20. The number of benzene rings is 1. The second kappa shape index (κ2) is 9.19. The van der Waals surface area contributed by atoms with Gasteiger partial charge in [-0.3, -0.25) is 5.41 Å². The fourth-order valence-corrected chi connectivity index (χ4v) is 1.21. The molecule has 0 spiro atoms. The summed E-state index contributed by atoms with van der Waals surface area (Å²) >= 11 is 0. The molecule has 0 aromatic heterocycles. The van der Waals surface area contributed by atoms with Gasteiger partial charge in [0.15, 0.2) is 0 Å². The van der Waals surface area contributed by atoms with Gasteiger partial charge in [0.2, 0.25) is 0 Å². The summed E-state index contributed by atoms with van der Waals surface area (Å²) in [4.78, 5) is 0. The number of amidine groups is 1. The Morgan fingerprint density at radius 2 is 2.00 bits per heavy atom. The van der Waals surface area contributed by atoms with Gasteiger partial charge in [-0.1, -0.05) is 30.3 Å². The van der Waals surface area contributed by atoms with Crippen molar-refractivity contribution in [1.29, 1.82) is 5.41 Å². The number of hydrogen-bond donors (Lipinski definition) is 2. The molecule has 4 heteroatoms. The van der Waals surface area contributed by atoms with Gasteiger partial charge in [-0.25, -0.2) is 0 Å². The van der Waals surface area contributed by atoms with Crippen LogP contribution in [0.3, 0.4) is 0 Å². The zero-order valence-corrected chi connectivity index (χ0v) is 10.3. The summed E-state index contributed by atoms with van der Waals surface area (Å²) in [5.74, 6) is 0.512. The van der Waals surface area contributed by atoms with Gasteiger partial charge >= 0.3 is 0 Å². The topological polar surface area (TPSA) is 45.1 Å². The lowest BCUT2D eigenvalue weighted by Crippen LogP contribution is -2.21. The molecule has 0 radical (unpaired) electrons. The van der Waals surface area contributed by atoms with Crippen molar-refractivity contribution in [1.82, 2.24) is 5.32 Å². The van der Waals surface area contributed by atoms with E-state index in [1.807, 2.05) is 18.2 Å². The van der Waals surface area contributed by atoms with Gasteiger partial charge in [-0.05, 0) is 18.9 Å². The molecule has 0 unspecified atom stereocenters. The van der Waals surface area contributed by atoms with E-state index in [0.717, 1.165) is 19.6 Å². The van der Waals surface area contributed by atoms with E-state index >= 15 is 0 Å². The van der Waals surface area contributed by atoms with Crippen LogP contribution in [0, 0.1) is 5.41 Å². The lowest BCUT2D eigenvalue weighted by Gasteiger charge is -2.05. The van der Waals surface area contributed by atoms with Crippen molar-refractivity contribution >= 4 is 18.2 Å². The highest BCUT2D eigenvalue weighted by Crippen LogP contribution is 2.00. The van der Waals surface area contributed by atoms with Gasteiger partial charge in [0.1, 0.15) is 0 Å². The van der Waals surface area contributed by atoms with Crippen molar-refractivity contribution in [2.24, 2.45) is 0 Å². The van der Waals surface area contributed by atoms with Crippen LogP contribution in [0.15, 0.2) is 30.3 Å². The number of rotatable bonds is 6. The molecule has 90 valence electrons. The highest BCUT2D eigenvalue weighted by molar-refractivity contribution is 5.85. The Hall–Kier alpha value is -1.06. The summed E-state index contributed by atoms with van der Waals surface area (Å²) < 4.78 is 5.49. The Balaban J connectivity index is 0.00000225. The molecule has 1 aromatic carbocycles. The molecule has 0 bridgehead atoms. The lowest BCUT2D eigenvalue weighted by atomic mass is 10.2. The average molecular weight is 243 g/mol. The highest BCUT2D eigenvalue weighted by atomic mass is 35.5. The van der Waals surface area contributed by atoms with Crippen molar-refractivity contribution in [3.8, 4) is 0 Å². The van der Waals surface area contributed by atoms with Crippen LogP contribution in [0.25, 0.3) is 0 Å². The zero-order chi connectivity index (χ0) is 10.9. The van der Waals surface area contributed by atoms with Gasteiger partial charge < -0.3 is 10.1 Å². The molecule has 0 heterocycles. The average Bonchev–Trinajstić information content (AvgIpc) is 2.24. The van der Waals surface area contributed by atoms with E-state index < -0.39 is 0 Å². The maximum absolute atomic E-state index is 7.16. The molecule has 2 N–H and O–H groups in total. The Bertz CT molecular complexity index is 290. The van der Waals surface area contributed by atoms with E-state index in [0.29, 0.717) is 12.4 Å². The Morgan fingerprint density at radius 1 is 1.31 bits per heavy atom. The van der Waals surface area contributed by atoms with Crippen LogP contribution in [0.2, 0.25) is 0 Å². The van der Waals surface area contributed by atoms with Gasteiger partial charge in [0.25, 0.3) is 0 Å². The standard InChI is InChI=1S/C12H18N2O.ClH/c1-11(13)14-8-5-9-15-10-12-6-3-2-4-7-12;/h2-4,6-7H,5,8-10H2,1H3,(H2,13,14);1H. The van der Waals surface area contributed by atoms with Crippen LogP contribution in [0.1, 0.15) is 18.9 Å². The smallest absolute Gasteiger partial charge is 0.0899 e. The molecule has 0 saturated heterocycles. The lowest BCUT2D eigenvalue weighted by molar-refractivity contribution is 0.119. The summed E-state index contributed by atoms with van der Waals surface area (Å²) in [6, 6.07) is 10.1. The van der Waals surface area contributed by atoms with Gasteiger partial charge in [0.05, 0.1) is 12.4 Å². The monoisotopic (exact) mass is 242 g/mol. The van der Waals surface area contributed by atoms with Crippen LogP contribution in [-0.2, 0) is 11.3 Å². The van der Waals surface area contributed by atoms with E-state index in [1.165, 1.54) is 5.56 Å². The Morgan fingerprint density at radius 3 is 2.62 bits per heavy atom. The maximum Gasteiger partial charge on any atom is 0.0899 e. The number of nitrogens with one attached hydrogen (secondary N) is 2. The van der Waals surface area contributed by atoms with Crippen molar-refractivity contribution in [2.75, 3.05) is 13.2 Å². The minimum Gasteiger partial charge on any atom is -0.377 e. The fraction of sp³-hybridized carbons (Fsp3) is 0.417. The van der Waals surface area contributed by atoms with Crippen molar-refractivity contribution in [3.63, 3.8) is 0 Å². The molecule has 0 aliphatic carbocycles. The molecular formula is C12H19ClN2O. The van der Waals surface area contributed by atoms with Crippen molar-refractivity contribution in [2.45, 2.75) is 20.0 Å². The zero-order valence-electron chi connectivity index (χ0n) is 9.53. The molecule has 16 heavy (non-hydrogen) atoms. The summed E-state index contributed by atoms with van der Waals surface area (Å²) in [7, 11) is 0. The van der Waals surface area contributed by atoms with Gasteiger partial charge in [-0.15, -0.1) is 12.4 Å². The summed E-state index contributed by atoms with van der Waals surface area (Å²) in [5.41, 5.74) is 1.20. The maximum atomic E-state index is 7.16. The van der Waals surface area contributed by atoms with Crippen LogP contribution < -0.4 is 5.32 Å². The largest absolute Gasteiger partial charge is 0.377 e. The predicted molar refractivity (Wildman–Crippen MR) is 69.4 cm³/mol. The number of hydrogen-bond acceptors (Lipinski definition) is 2. The summed E-state index contributed by atoms with van der Waals surface area (Å²) in [6.45, 7) is 3.95. The van der Waals surface area contributed by atoms with Crippen LogP contribution in [0.4, 0.5) is 0 Å². The van der Waals surface area contributed by atoms with Crippen molar-refractivity contribution in [3.05, 3.63) is 35.9 Å². The Kier molecular flexibility index (Phi) is 8.58. The fourth-order valence-electron chi connectivity index (χ4n) is 1.21. The van der Waals surface area contributed by atoms with E-state index in [4.69, 9.17) is 10.1 Å². The predicted octanol–water partition coefficient (Wildman–Crippen LogP) is 2.60. The molecule has 0 atom stereocenters. The third-order valence-electron chi connectivity index (χ3n) is 1.97. The van der Waals surface area contributed by atoms with Crippen LogP contribution in [0.5, 0.6) is 0 Å². The minimum atomic E-state index is 0. The van der Waals surface area contributed by atoms with Gasteiger partial charge in [-0.2, -0.15) is 0 Å². The van der Waals surface area contributed by atoms with Crippen LogP contribution in [-0.4, -0.2) is 19.0 Å². The van der Waals surface area contributed by atoms with Crippen LogP contribution >= 0.6 is 12.4 Å². The minimum absolute atomic E-state index is 0. The summed E-state index contributed by atoms with van der Waals surface area (Å²) in [6.07, 6.45) is 0.934. The molecule has 0 aliphatic rings. The second-order valence-corrected chi connectivity index (χ2v) is 3.44. The third-order valence-corrected chi connectivity index (χ3v) is 1.97. The summed E-state index contributed by atoms with van der Waals surface area (Å²) in [5, 5.41) is 10.1. The molecule has 0 amide bonds. The Labute approximate surface area is 103 Å². The second-order valence-electron chi connectivity index (χ2n) is 3.44. The SMILES string of the molecule is CC(=N)NCCCOCc1ccccc1.Cl. The first kappa shape index (κ1) is 14.9. The number of halogens is 1. The molecule has 1 rings (SSSR count). The molecule has 0 aliphatic heterocycles. The van der Waals surface area contributed by atoms with E-state index in [1.54, 1.807) is 6.92 Å². The van der Waals surface area contributed by atoms with E-state index in [9.17, 15) is 0 Å². The normalized spacial score (nSPS) is 9.31. The highest BCUT2D eigenvalue weighted by Gasteiger charge is 1.92. The van der Waals surface area contributed by atoms with E-state index in [2.05, 4.69) is 17.4 Å². The molecule has 0 saturated carbocycles. The van der Waals surface area contributed by atoms with Gasteiger partial charge in [0, 0.05) is 13.2 Å². The quantitative estimate of drug-likeness (QED) is 0.458. The molecular weight excluding hydrogens is 224 g/mol. The first-order chi connectivity index (χ1) is 7.29. The first-order valence-corrected chi connectivity index (χ1v) is 5.20.